The number of hydrogen-bond donors (Lipinski definition) is 1. The van der Waals surface area contributed by atoms with Gasteiger partial charge >= 0.3 is 0 Å². The largest absolute Gasteiger partial charge is 0.309 e. The Labute approximate surface area is 99.4 Å². The molecular formula is C12H15BrN2. The van der Waals surface area contributed by atoms with Crippen LogP contribution in [0, 0.1) is 17.2 Å². The van der Waals surface area contributed by atoms with Gasteiger partial charge in [0.15, 0.2) is 0 Å². The van der Waals surface area contributed by atoms with E-state index in [-0.39, 0.29) is 12.0 Å². The standard InChI is InChI=1S/C12H15BrN2/c1-9(7-14)8-15-10(2)11-4-3-5-12(13)6-11/h3-6,9-10,15H,8H2,1-2H3/t9?,10-/m0/s1. The lowest BCUT2D eigenvalue weighted by Crippen LogP contribution is -2.23. The van der Waals surface area contributed by atoms with Crippen molar-refractivity contribution in [1.29, 1.82) is 5.26 Å². The summed E-state index contributed by atoms with van der Waals surface area (Å²) in [5.41, 5.74) is 1.23. The zero-order valence-corrected chi connectivity index (χ0v) is 10.6. The third-order valence-corrected chi connectivity index (χ3v) is 2.79. The first-order valence-corrected chi connectivity index (χ1v) is 5.81. The molecule has 1 aromatic carbocycles. The number of nitriles is 1. The third-order valence-electron chi connectivity index (χ3n) is 2.30. The molecule has 0 aliphatic heterocycles. The number of nitrogens with one attached hydrogen (secondary N) is 1. The van der Waals surface area contributed by atoms with Crippen LogP contribution in [0.15, 0.2) is 28.7 Å². The minimum Gasteiger partial charge on any atom is -0.309 e. The maximum absolute atomic E-state index is 8.66. The fraction of sp³-hybridized carbons (Fsp3) is 0.417. The van der Waals surface area contributed by atoms with Crippen LogP contribution in [-0.2, 0) is 0 Å². The lowest BCUT2D eigenvalue weighted by Gasteiger charge is -2.15. The average Bonchev–Trinajstić information content (AvgIpc) is 2.25. The van der Waals surface area contributed by atoms with Crippen LogP contribution < -0.4 is 5.32 Å². The molecule has 3 heteroatoms. The first kappa shape index (κ1) is 12.2. The SMILES string of the molecule is CC(C#N)CN[C@@H](C)c1cccc(Br)c1. The Morgan fingerprint density at radius 2 is 2.20 bits per heavy atom. The highest BCUT2D eigenvalue weighted by Crippen LogP contribution is 2.17. The topological polar surface area (TPSA) is 35.8 Å². The van der Waals surface area contributed by atoms with Crippen LogP contribution in [0.25, 0.3) is 0 Å². The Kier molecular flexibility index (Phi) is 4.80. The molecule has 0 spiro atoms. The van der Waals surface area contributed by atoms with E-state index in [9.17, 15) is 0 Å². The number of halogens is 1. The van der Waals surface area contributed by atoms with Gasteiger partial charge in [-0.3, -0.25) is 0 Å². The molecule has 0 aliphatic rings. The molecule has 2 nitrogen and oxygen atoms in total. The van der Waals surface area contributed by atoms with E-state index in [0.717, 1.165) is 11.0 Å². The van der Waals surface area contributed by atoms with E-state index in [1.54, 1.807) is 0 Å². The van der Waals surface area contributed by atoms with Gasteiger partial charge in [0.2, 0.25) is 0 Å². The quantitative estimate of drug-likeness (QED) is 0.908. The van der Waals surface area contributed by atoms with Crippen LogP contribution >= 0.6 is 15.9 Å². The van der Waals surface area contributed by atoms with Crippen molar-refractivity contribution in [2.45, 2.75) is 19.9 Å². The normalized spacial score (nSPS) is 14.3. The molecule has 0 saturated heterocycles. The number of hydrogen-bond acceptors (Lipinski definition) is 2. The second-order valence-electron chi connectivity index (χ2n) is 3.72. The molecule has 1 unspecified atom stereocenters. The lowest BCUT2D eigenvalue weighted by molar-refractivity contribution is 0.528. The summed E-state index contributed by atoms with van der Waals surface area (Å²) in [5, 5.41) is 12.0. The van der Waals surface area contributed by atoms with Gasteiger partial charge in [-0.25, -0.2) is 0 Å². The maximum Gasteiger partial charge on any atom is 0.0666 e. The highest BCUT2D eigenvalue weighted by Gasteiger charge is 2.06. The van der Waals surface area contributed by atoms with Crippen molar-refractivity contribution in [1.82, 2.24) is 5.32 Å². The molecular weight excluding hydrogens is 252 g/mol. The van der Waals surface area contributed by atoms with Gasteiger partial charge in [-0.05, 0) is 31.5 Å². The number of nitrogens with zero attached hydrogens (tertiary/aromatic N) is 1. The molecule has 0 saturated carbocycles. The van der Waals surface area contributed by atoms with Gasteiger partial charge in [0.25, 0.3) is 0 Å². The maximum atomic E-state index is 8.66. The molecule has 0 fully saturated rings. The Morgan fingerprint density at radius 1 is 1.47 bits per heavy atom. The lowest BCUT2D eigenvalue weighted by atomic mass is 10.1. The number of benzene rings is 1. The van der Waals surface area contributed by atoms with Crippen molar-refractivity contribution in [2.24, 2.45) is 5.92 Å². The van der Waals surface area contributed by atoms with Gasteiger partial charge in [0, 0.05) is 17.1 Å². The molecule has 2 atom stereocenters. The van der Waals surface area contributed by atoms with E-state index in [1.165, 1.54) is 5.56 Å². The van der Waals surface area contributed by atoms with Gasteiger partial charge < -0.3 is 5.32 Å². The van der Waals surface area contributed by atoms with Gasteiger partial charge in [0.05, 0.1) is 12.0 Å². The summed E-state index contributed by atoms with van der Waals surface area (Å²) in [7, 11) is 0. The van der Waals surface area contributed by atoms with E-state index in [2.05, 4.69) is 46.4 Å². The summed E-state index contributed by atoms with van der Waals surface area (Å²) in [4.78, 5) is 0. The second-order valence-corrected chi connectivity index (χ2v) is 4.63. The first-order chi connectivity index (χ1) is 7.13. The van der Waals surface area contributed by atoms with Crippen LogP contribution in [0.1, 0.15) is 25.5 Å². The average molecular weight is 267 g/mol. The van der Waals surface area contributed by atoms with Crippen LogP contribution in [0.5, 0.6) is 0 Å². The summed E-state index contributed by atoms with van der Waals surface area (Å²) < 4.78 is 1.09. The Bertz CT molecular complexity index is 357. The van der Waals surface area contributed by atoms with E-state index >= 15 is 0 Å². The molecule has 80 valence electrons. The molecule has 0 aliphatic carbocycles. The summed E-state index contributed by atoms with van der Waals surface area (Å²) in [6.45, 7) is 4.75. The van der Waals surface area contributed by atoms with E-state index in [0.29, 0.717) is 0 Å². The van der Waals surface area contributed by atoms with Gasteiger partial charge in [-0.1, -0.05) is 28.1 Å². The zero-order chi connectivity index (χ0) is 11.3. The van der Waals surface area contributed by atoms with Crippen LogP contribution in [0.3, 0.4) is 0 Å². The minimum absolute atomic E-state index is 0.0552. The molecule has 0 heterocycles. The van der Waals surface area contributed by atoms with Gasteiger partial charge in [-0.15, -0.1) is 0 Å². The van der Waals surface area contributed by atoms with Crippen LogP contribution in [-0.4, -0.2) is 6.54 Å². The zero-order valence-electron chi connectivity index (χ0n) is 9.00. The molecule has 15 heavy (non-hydrogen) atoms. The van der Waals surface area contributed by atoms with E-state index in [1.807, 2.05) is 19.1 Å². The smallest absolute Gasteiger partial charge is 0.0666 e. The van der Waals surface area contributed by atoms with Gasteiger partial charge in [0.1, 0.15) is 0 Å². The molecule has 0 radical (unpaired) electrons. The summed E-state index contributed by atoms with van der Waals surface area (Å²) in [6, 6.07) is 10.7. The van der Waals surface area contributed by atoms with Crippen LogP contribution in [0.2, 0.25) is 0 Å². The summed E-state index contributed by atoms with van der Waals surface area (Å²) >= 11 is 3.44. The highest BCUT2D eigenvalue weighted by molar-refractivity contribution is 9.10. The highest BCUT2D eigenvalue weighted by atomic mass is 79.9. The molecule has 0 aromatic heterocycles. The van der Waals surface area contributed by atoms with Crippen molar-refractivity contribution < 1.29 is 0 Å². The fourth-order valence-electron chi connectivity index (χ4n) is 1.29. The summed E-state index contributed by atoms with van der Waals surface area (Å²) in [6.07, 6.45) is 0. The van der Waals surface area contributed by atoms with Gasteiger partial charge in [-0.2, -0.15) is 5.26 Å². The summed E-state index contributed by atoms with van der Waals surface area (Å²) in [5.74, 6) is 0.0552. The molecule has 0 amide bonds. The first-order valence-electron chi connectivity index (χ1n) is 5.02. The van der Waals surface area contributed by atoms with Crippen molar-refractivity contribution >= 4 is 15.9 Å². The Balaban J connectivity index is 2.54. The van der Waals surface area contributed by atoms with Crippen molar-refractivity contribution in [3.05, 3.63) is 34.3 Å². The number of rotatable bonds is 4. The second kappa shape index (κ2) is 5.89. The monoisotopic (exact) mass is 266 g/mol. The van der Waals surface area contributed by atoms with E-state index < -0.39 is 0 Å². The predicted octanol–water partition coefficient (Wildman–Crippen LogP) is 3.26. The van der Waals surface area contributed by atoms with E-state index in [4.69, 9.17) is 5.26 Å². The van der Waals surface area contributed by atoms with Crippen molar-refractivity contribution in [2.75, 3.05) is 6.54 Å². The minimum atomic E-state index is 0.0552. The Hall–Kier alpha value is -0.850. The van der Waals surface area contributed by atoms with Crippen LogP contribution in [0.4, 0.5) is 0 Å². The Morgan fingerprint density at radius 3 is 2.80 bits per heavy atom. The third kappa shape index (κ3) is 4.03. The molecule has 1 rings (SSSR count). The molecule has 1 aromatic rings. The van der Waals surface area contributed by atoms with Crippen molar-refractivity contribution in [3.8, 4) is 6.07 Å². The fourth-order valence-corrected chi connectivity index (χ4v) is 1.71. The molecule has 1 N–H and O–H groups in total. The predicted molar refractivity (Wildman–Crippen MR) is 65.3 cm³/mol. The molecule has 0 bridgehead atoms. The van der Waals surface area contributed by atoms with Crippen molar-refractivity contribution in [3.63, 3.8) is 0 Å².